The maximum absolute atomic E-state index is 10.5. The lowest BCUT2D eigenvalue weighted by molar-refractivity contribution is 0.194. The van der Waals surface area contributed by atoms with Crippen LogP contribution < -0.4 is 5.73 Å². The van der Waals surface area contributed by atoms with Crippen LogP contribution in [0.3, 0.4) is 0 Å². The Morgan fingerprint density at radius 2 is 1.94 bits per heavy atom. The van der Waals surface area contributed by atoms with E-state index in [1.165, 1.54) is 12.1 Å². The molecule has 1 heterocycles. The third-order valence-electron chi connectivity index (χ3n) is 2.28. The predicted octanol–water partition coefficient (Wildman–Crippen LogP) is 0.976. The number of ether oxygens (including phenoxy) is 1. The van der Waals surface area contributed by atoms with Crippen LogP contribution in [0.5, 0.6) is 0 Å². The molecule has 0 radical (unpaired) electrons. The van der Waals surface area contributed by atoms with E-state index in [2.05, 4.69) is 0 Å². The van der Waals surface area contributed by atoms with Gasteiger partial charge in [-0.1, -0.05) is 17.7 Å². The zero-order chi connectivity index (χ0) is 12.9. The molecule has 3 N–H and O–H groups in total. The average molecular weight is 259 g/mol. The van der Waals surface area contributed by atoms with Gasteiger partial charge in [-0.15, -0.1) is 0 Å². The van der Waals surface area contributed by atoms with Crippen molar-refractivity contribution in [3.8, 4) is 0 Å². The van der Waals surface area contributed by atoms with Crippen LogP contribution in [0.25, 0.3) is 0 Å². The fourth-order valence-electron chi connectivity index (χ4n) is 1.26. The molecule has 5 nitrogen and oxygen atoms in total. The fraction of sp³-hybridized carbons (Fsp3) is 0.455. The first-order chi connectivity index (χ1) is 7.89. The highest BCUT2D eigenvalue weighted by Gasteiger charge is 2.08. The summed E-state index contributed by atoms with van der Waals surface area (Å²) in [5.74, 6) is 0. The summed E-state index contributed by atoms with van der Waals surface area (Å²) in [7, 11) is -4.02. The summed E-state index contributed by atoms with van der Waals surface area (Å²) in [6.07, 6.45) is 1.04. The molecule has 1 aliphatic rings. The molecular formula is C11H17NO4S. The van der Waals surface area contributed by atoms with Gasteiger partial charge in [-0.25, -0.2) is 0 Å². The van der Waals surface area contributed by atoms with E-state index >= 15 is 0 Å². The molecule has 0 spiro atoms. The van der Waals surface area contributed by atoms with Crippen molar-refractivity contribution in [2.75, 3.05) is 13.2 Å². The van der Waals surface area contributed by atoms with Gasteiger partial charge in [-0.3, -0.25) is 4.55 Å². The minimum Gasteiger partial charge on any atom is -0.380 e. The Balaban J connectivity index is 0.000000202. The molecule has 17 heavy (non-hydrogen) atoms. The SMILES string of the molecule is Cc1ccc(S(=O)(=O)O)cc1.N[C@H]1CCOC1. The molecule has 0 amide bonds. The van der Waals surface area contributed by atoms with Crippen LogP contribution in [0, 0.1) is 6.92 Å². The van der Waals surface area contributed by atoms with Gasteiger partial charge in [0.05, 0.1) is 11.5 Å². The summed E-state index contributed by atoms with van der Waals surface area (Å²) in [4.78, 5) is -0.0666. The monoisotopic (exact) mass is 259 g/mol. The Labute approximate surface area is 101 Å². The molecule has 1 aromatic rings. The first-order valence-electron chi connectivity index (χ1n) is 5.27. The van der Waals surface area contributed by atoms with Crippen LogP contribution in [0.15, 0.2) is 29.2 Å². The number of benzene rings is 1. The molecule has 0 saturated carbocycles. The van der Waals surface area contributed by atoms with Crippen molar-refractivity contribution in [3.05, 3.63) is 29.8 Å². The number of hydrogen-bond acceptors (Lipinski definition) is 4. The molecule has 1 atom stereocenters. The summed E-state index contributed by atoms with van der Waals surface area (Å²) in [6, 6.07) is 6.31. The van der Waals surface area contributed by atoms with E-state index in [1.54, 1.807) is 12.1 Å². The molecular weight excluding hydrogens is 242 g/mol. The zero-order valence-corrected chi connectivity index (χ0v) is 10.5. The van der Waals surface area contributed by atoms with E-state index in [1.807, 2.05) is 6.92 Å². The number of hydrogen-bond donors (Lipinski definition) is 2. The smallest absolute Gasteiger partial charge is 0.294 e. The van der Waals surface area contributed by atoms with Crippen LogP contribution in [0.1, 0.15) is 12.0 Å². The van der Waals surface area contributed by atoms with Gasteiger partial charge in [-0.05, 0) is 25.5 Å². The van der Waals surface area contributed by atoms with Crippen LogP contribution in [0.4, 0.5) is 0 Å². The quantitative estimate of drug-likeness (QED) is 0.734. The van der Waals surface area contributed by atoms with Gasteiger partial charge >= 0.3 is 0 Å². The van der Waals surface area contributed by atoms with Crippen molar-refractivity contribution in [1.82, 2.24) is 0 Å². The lowest BCUT2D eigenvalue weighted by Gasteiger charge is -1.95. The van der Waals surface area contributed by atoms with E-state index in [0.717, 1.165) is 25.2 Å². The Morgan fingerprint density at radius 3 is 2.24 bits per heavy atom. The predicted molar refractivity (Wildman–Crippen MR) is 64.4 cm³/mol. The van der Waals surface area contributed by atoms with E-state index in [0.29, 0.717) is 6.04 Å². The maximum atomic E-state index is 10.5. The van der Waals surface area contributed by atoms with Gasteiger partial charge in [0.2, 0.25) is 0 Å². The lowest BCUT2D eigenvalue weighted by atomic mass is 10.2. The third kappa shape index (κ3) is 5.27. The molecule has 1 saturated heterocycles. The van der Waals surface area contributed by atoms with Gasteiger partial charge in [0.1, 0.15) is 0 Å². The van der Waals surface area contributed by atoms with Gasteiger partial charge < -0.3 is 10.5 Å². The summed E-state index contributed by atoms with van der Waals surface area (Å²) in [6.45, 7) is 3.47. The van der Waals surface area contributed by atoms with Crippen molar-refractivity contribution >= 4 is 10.1 Å². The first-order valence-corrected chi connectivity index (χ1v) is 6.71. The molecule has 6 heteroatoms. The fourth-order valence-corrected chi connectivity index (χ4v) is 1.74. The van der Waals surface area contributed by atoms with E-state index in [9.17, 15) is 8.42 Å². The molecule has 0 unspecified atom stereocenters. The van der Waals surface area contributed by atoms with Gasteiger partial charge in [0.15, 0.2) is 0 Å². The van der Waals surface area contributed by atoms with Crippen molar-refractivity contribution in [1.29, 1.82) is 0 Å². The van der Waals surface area contributed by atoms with Crippen LogP contribution in [-0.2, 0) is 14.9 Å². The minimum absolute atomic E-state index is 0.0666. The Kier molecular flexibility index (Phi) is 5.07. The molecule has 1 aliphatic heterocycles. The topological polar surface area (TPSA) is 89.6 Å². The highest BCUT2D eigenvalue weighted by Crippen LogP contribution is 2.08. The highest BCUT2D eigenvalue weighted by atomic mass is 32.2. The summed E-state index contributed by atoms with van der Waals surface area (Å²) in [5, 5.41) is 0. The summed E-state index contributed by atoms with van der Waals surface area (Å²) in [5.41, 5.74) is 6.37. The summed E-state index contributed by atoms with van der Waals surface area (Å²) >= 11 is 0. The molecule has 2 rings (SSSR count). The molecule has 96 valence electrons. The lowest BCUT2D eigenvalue weighted by Crippen LogP contribution is -2.18. The minimum atomic E-state index is -4.02. The maximum Gasteiger partial charge on any atom is 0.294 e. The average Bonchev–Trinajstić information content (AvgIpc) is 2.69. The van der Waals surface area contributed by atoms with E-state index in [4.69, 9.17) is 15.0 Å². The summed E-state index contributed by atoms with van der Waals surface area (Å²) < 4.78 is 34.5. The van der Waals surface area contributed by atoms with Crippen molar-refractivity contribution in [2.24, 2.45) is 5.73 Å². The number of nitrogens with two attached hydrogens (primary N) is 1. The molecule has 0 bridgehead atoms. The van der Waals surface area contributed by atoms with Gasteiger partial charge in [0, 0.05) is 12.6 Å². The van der Waals surface area contributed by atoms with Crippen molar-refractivity contribution in [3.63, 3.8) is 0 Å². The second-order valence-corrected chi connectivity index (χ2v) is 5.33. The highest BCUT2D eigenvalue weighted by molar-refractivity contribution is 7.85. The Morgan fingerprint density at radius 1 is 1.35 bits per heavy atom. The van der Waals surface area contributed by atoms with Crippen molar-refractivity contribution < 1.29 is 17.7 Å². The third-order valence-corrected chi connectivity index (χ3v) is 3.15. The zero-order valence-electron chi connectivity index (χ0n) is 9.67. The second-order valence-electron chi connectivity index (χ2n) is 3.91. The van der Waals surface area contributed by atoms with Gasteiger partial charge in [0.25, 0.3) is 10.1 Å². The normalized spacial score (nSPS) is 19.6. The van der Waals surface area contributed by atoms with Gasteiger partial charge in [-0.2, -0.15) is 8.42 Å². The van der Waals surface area contributed by atoms with Crippen LogP contribution in [0.2, 0.25) is 0 Å². The largest absolute Gasteiger partial charge is 0.380 e. The molecule has 1 aromatic carbocycles. The molecule has 1 fully saturated rings. The van der Waals surface area contributed by atoms with E-state index < -0.39 is 10.1 Å². The van der Waals surface area contributed by atoms with Crippen LogP contribution >= 0.6 is 0 Å². The number of aryl methyl sites for hydroxylation is 1. The molecule has 0 aliphatic carbocycles. The van der Waals surface area contributed by atoms with Crippen molar-refractivity contribution in [2.45, 2.75) is 24.3 Å². The Hall–Kier alpha value is -0.950. The standard InChI is InChI=1S/C7H8O3S.C4H9NO/c1-6-2-4-7(5-3-6)11(8,9)10;5-4-1-2-6-3-4/h2-5H,1H3,(H,8,9,10);4H,1-3,5H2/t;4-/m.0/s1. The molecule has 0 aromatic heterocycles. The van der Waals surface area contributed by atoms with E-state index in [-0.39, 0.29) is 4.90 Å². The van der Waals surface area contributed by atoms with Crippen LogP contribution in [-0.4, -0.2) is 32.2 Å². The Bertz CT molecular complexity index is 435. The first kappa shape index (κ1) is 14.1. The second kappa shape index (κ2) is 6.11. The number of rotatable bonds is 1.